The number of halogens is 1. The third kappa shape index (κ3) is 4.91. The van der Waals surface area contributed by atoms with Gasteiger partial charge in [0.1, 0.15) is 29.6 Å². The van der Waals surface area contributed by atoms with Crippen molar-refractivity contribution in [2.75, 3.05) is 13.1 Å². The molecule has 1 amide bonds. The van der Waals surface area contributed by atoms with Crippen LogP contribution in [0.15, 0.2) is 71.4 Å². The molecule has 35 heavy (non-hydrogen) atoms. The standard InChI is InChI=1S/C27H25FN4O3/c1-18-25(31-35-30-18)17-34-26-14-5-3-10-21(26)27(33)32-15-7-8-19(16-32)23-12-6-13-24(29-23)20-9-2-4-11-22(20)28/h2-6,9-14,19H,7-8,15-17H2,1H3. The third-order valence-electron chi connectivity index (χ3n) is 6.28. The summed E-state index contributed by atoms with van der Waals surface area (Å²) in [7, 11) is 0. The van der Waals surface area contributed by atoms with E-state index in [1.54, 1.807) is 37.3 Å². The zero-order chi connectivity index (χ0) is 24.2. The van der Waals surface area contributed by atoms with E-state index in [1.807, 2.05) is 35.2 Å². The number of benzene rings is 2. The van der Waals surface area contributed by atoms with Crippen molar-refractivity contribution < 1.29 is 18.6 Å². The van der Waals surface area contributed by atoms with Gasteiger partial charge in [-0.15, -0.1) is 0 Å². The fourth-order valence-corrected chi connectivity index (χ4v) is 4.37. The molecule has 0 saturated carbocycles. The Morgan fingerprint density at radius 2 is 1.91 bits per heavy atom. The van der Waals surface area contributed by atoms with E-state index in [4.69, 9.17) is 14.3 Å². The molecule has 2 aromatic heterocycles. The summed E-state index contributed by atoms with van der Waals surface area (Å²) in [4.78, 5) is 20.1. The van der Waals surface area contributed by atoms with Crippen LogP contribution in [0.1, 0.15) is 46.2 Å². The van der Waals surface area contributed by atoms with Crippen molar-refractivity contribution >= 4 is 5.91 Å². The number of rotatable bonds is 6. The van der Waals surface area contributed by atoms with Gasteiger partial charge in [-0.2, -0.15) is 0 Å². The van der Waals surface area contributed by atoms with E-state index in [1.165, 1.54) is 6.07 Å². The average Bonchev–Trinajstić information content (AvgIpc) is 3.32. The lowest BCUT2D eigenvalue weighted by Gasteiger charge is -2.33. The number of amides is 1. The molecular weight excluding hydrogens is 447 g/mol. The van der Waals surface area contributed by atoms with Gasteiger partial charge in [-0.3, -0.25) is 9.78 Å². The number of carbonyl (C=O) groups excluding carboxylic acids is 1. The smallest absolute Gasteiger partial charge is 0.257 e. The van der Waals surface area contributed by atoms with E-state index in [9.17, 15) is 9.18 Å². The first-order valence-electron chi connectivity index (χ1n) is 11.6. The monoisotopic (exact) mass is 472 g/mol. The second kappa shape index (κ2) is 10.0. The zero-order valence-corrected chi connectivity index (χ0v) is 19.4. The Morgan fingerprint density at radius 3 is 2.74 bits per heavy atom. The normalized spacial score (nSPS) is 15.7. The number of piperidine rings is 1. The van der Waals surface area contributed by atoms with Crippen LogP contribution in [0.4, 0.5) is 4.39 Å². The highest BCUT2D eigenvalue weighted by molar-refractivity contribution is 5.97. The fourth-order valence-electron chi connectivity index (χ4n) is 4.37. The molecule has 8 heteroatoms. The van der Waals surface area contributed by atoms with Gasteiger partial charge in [-0.1, -0.05) is 40.6 Å². The maximum absolute atomic E-state index is 14.3. The Labute approximate surface area is 202 Å². The largest absolute Gasteiger partial charge is 0.486 e. The topological polar surface area (TPSA) is 81.3 Å². The summed E-state index contributed by atoms with van der Waals surface area (Å²) in [5.74, 6) is 0.161. The lowest BCUT2D eigenvalue weighted by atomic mass is 9.93. The average molecular weight is 473 g/mol. The fraction of sp³-hybridized carbons (Fsp3) is 0.259. The van der Waals surface area contributed by atoms with Gasteiger partial charge in [0.05, 0.1) is 11.3 Å². The van der Waals surface area contributed by atoms with Crippen molar-refractivity contribution in [2.45, 2.75) is 32.3 Å². The SMILES string of the molecule is Cc1nonc1COc1ccccc1C(=O)N1CCCC(c2cccc(-c3ccccc3F)n2)C1. The number of nitrogens with zero attached hydrogens (tertiary/aromatic N) is 4. The van der Waals surface area contributed by atoms with Gasteiger partial charge in [0.25, 0.3) is 5.91 Å². The molecule has 3 heterocycles. The summed E-state index contributed by atoms with van der Waals surface area (Å²) in [6.45, 7) is 3.14. The Balaban J connectivity index is 1.33. The predicted octanol–water partition coefficient (Wildman–Crippen LogP) is 5.18. The Bertz CT molecular complexity index is 1340. The maximum Gasteiger partial charge on any atom is 0.257 e. The lowest BCUT2D eigenvalue weighted by molar-refractivity contribution is 0.0701. The highest BCUT2D eigenvalue weighted by atomic mass is 19.1. The summed E-state index contributed by atoms with van der Waals surface area (Å²) in [6, 6.07) is 19.5. The van der Waals surface area contributed by atoms with Crippen molar-refractivity contribution in [1.29, 1.82) is 0 Å². The predicted molar refractivity (Wildman–Crippen MR) is 127 cm³/mol. The van der Waals surface area contributed by atoms with E-state index >= 15 is 0 Å². The molecule has 1 fully saturated rings. The Kier molecular flexibility index (Phi) is 6.52. The van der Waals surface area contributed by atoms with Crippen molar-refractivity contribution in [3.63, 3.8) is 0 Å². The van der Waals surface area contributed by atoms with Gasteiger partial charge >= 0.3 is 0 Å². The van der Waals surface area contributed by atoms with Gasteiger partial charge < -0.3 is 9.64 Å². The van der Waals surface area contributed by atoms with Crippen LogP contribution in [0.2, 0.25) is 0 Å². The van der Waals surface area contributed by atoms with Gasteiger partial charge in [-0.05, 0) is 56.2 Å². The first-order valence-corrected chi connectivity index (χ1v) is 11.6. The summed E-state index contributed by atoms with van der Waals surface area (Å²) in [6.07, 6.45) is 1.77. The molecule has 1 aliphatic heterocycles. The van der Waals surface area contributed by atoms with E-state index in [2.05, 4.69) is 10.3 Å². The van der Waals surface area contributed by atoms with Crippen molar-refractivity contribution in [1.82, 2.24) is 20.2 Å². The molecule has 5 rings (SSSR count). The highest BCUT2D eigenvalue weighted by Crippen LogP contribution is 2.30. The summed E-state index contributed by atoms with van der Waals surface area (Å²) < 4.78 is 24.9. The van der Waals surface area contributed by atoms with Crippen LogP contribution in [-0.4, -0.2) is 39.2 Å². The molecule has 2 aromatic carbocycles. The third-order valence-corrected chi connectivity index (χ3v) is 6.28. The van der Waals surface area contributed by atoms with Crippen LogP contribution in [0.25, 0.3) is 11.3 Å². The maximum atomic E-state index is 14.3. The molecule has 0 N–H and O–H groups in total. The minimum Gasteiger partial charge on any atom is -0.486 e. The summed E-state index contributed by atoms with van der Waals surface area (Å²) in [5, 5.41) is 7.60. The molecule has 1 saturated heterocycles. The number of para-hydroxylation sites is 1. The number of aryl methyl sites for hydroxylation is 1. The molecule has 0 radical (unpaired) electrons. The highest BCUT2D eigenvalue weighted by Gasteiger charge is 2.28. The minimum atomic E-state index is -0.300. The van der Waals surface area contributed by atoms with E-state index in [0.29, 0.717) is 47.0 Å². The zero-order valence-electron chi connectivity index (χ0n) is 19.4. The number of pyridine rings is 1. The quantitative estimate of drug-likeness (QED) is 0.385. The van der Waals surface area contributed by atoms with Crippen molar-refractivity contribution in [3.8, 4) is 17.0 Å². The molecule has 7 nitrogen and oxygen atoms in total. The second-order valence-electron chi connectivity index (χ2n) is 8.60. The molecule has 0 bridgehead atoms. The molecule has 178 valence electrons. The Hall–Kier alpha value is -4.07. The van der Waals surface area contributed by atoms with Gasteiger partial charge in [0.2, 0.25) is 0 Å². The molecule has 1 atom stereocenters. The number of carbonyl (C=O) groups is 1. The minimum absolute atomic E-state index is 0.0661. The van der Waals surface area contributed by atoms with Gasteiger partial charge in [-0.25, -0.2) is 9.02 Å². The van der Waals surface area contributed by atoms with Gasteiger partial charge in [0.15, 0.2) is 0 Å². The molecule has 0 spiro atoms. The van der Waals surface area contributed by atoms with E-state index in [-0.39, 0.29) is 24.2 Å². The first kappa shape index (κ1) is 22.7. The number of hydrogen-bond donors (Lipinski definition) is 0. The first-order chi connectivity index (χ1) is 17.1. The molecule has 1 aliphatic rings. The van der Waals surface area contributed by atoms with Crippen molar-refractivity contribution in [3.05, 3.63) is 95.2 Å². The summed E-state index contributed by atoms with van der Waals surface area (Å²) in [5.41, 5.74) is 3.67. The van der Waals surface area contributed by atoms with Crippen LogP contribution in [-0.2, 0) is 6.61 Å². The van der Waals surface area contributed by atoms with Crippen LogP contribution < -0.4 is 4.74 Å². The van der Waals surface area contributed by atoms with Crippen LogP contribution in [0.5, 0.6) is 5.75 Å². The van der Waals surface area contributed by atoms with Crippen LogP contribution in [0, 0.1) is 12.7 Å². The van der Waals surface area contributed by atoms with Crippen LogP contribution >= 0.6 is 0 Å². The molecule has 1 unspecified atom stereocenters. The molecular formula is C27H25FN4O3. The number of ether oxygens (including phenoxy) is 1. The lowest BCUT2D eigenvalue weighted by Crippen LogP contribution is -2.39. The van der Waals surface area contributed by atoms with E-state index < -0.39 is 0 Å². The summed E-state index contributed by atoms with van der Waals surface area (Å²) >= 11 is 0. The van der Waals surface area contributed by atoms with Gasteiger partial charge in [0, 0.05) is 30.3 Å². The van der Waals surface area contributed by atoms with E-state index in [0.717, 1.165) is 18.5 Å². The molecule has 4 aromatic rings. The van der Waals surface area contributed by atoms with Crippen molar-refractivity contribution in [2.24, 2.45) is 0 Å². The Morgan fingerprint density at radius 1 is 1.09 bits per heavy atom. The van der Waals surface area contributed by atoms with Crippen LogP contribution in [0.3, 0.4) is 0 Å². The molecule has 0 aliphatic carbocycles. The number of hydrogen-bond acceptors (Lipinski definition) is 6. The number of likely N-dealkylation sites (tertiary alicyclic amines) is 1. The second-order valence-corrected chi connectivity index (χ2v) is 8.60. The number of aromatic nitrogens is 3.